The van der Waals surface area contributed by atoms with Crippen molar-refractivity contribution in [3.8, 4) is 0 Å². The van der Waals surface area contributed by atoms with Crippen LogP contribution in [-0.2, 0) is 4.79 Å². The minimum absolute atomic E-state index is 0.0634. The van der Waals surface area contributed by atoms with Gasteiger partial charge in [-0.25, -0.2) is 0 Å². The van der Waals surface area contributed by atoms with Crippen molar-refractivity contribution in [1.82, 2.24) is 5.32 Å². The fraction of sp³-hybridized carbons (Fsp3) is 0.471. The van der Waals surface area contributed by atoms with E-state index in [4.69, 9.17) is 0 Å². The minimum Gasteiger partial charge on any atom is -0.393 e. The Labute approximate surface area is 120 Å². The highest BCUT2D eigenvalue weighted by Crippen LogP contribution is 2.23. The normalized spacial score (nSPS) is 22.9. The number of benzene rings is 1. The third-order valence-electron chi connectivity index (χ3n) is 3.79. The molecule has 108 valence electrons. The van der Waals surface area contributed by atoms with Crippen LogP contribution in [0.4, 0.5) is 0 Å². The zero-order valence-corrected chi connectivity index (χ0v) is 12.0. The van der Waals surface area contributed by atoms with E-state index in [0.717, 1.165) is 31.2 Å². The number of aliphatic hydroxyl groups is 1. The van der Waals surface area contributed by atoms with E-state index in [0.29, 0.717) is 12.5 Å². The zero-order valence-electron chi connectivity index (χ0n) is 12.0. The first-order valence-electron chi connectivity index (χ1n) is 7.34. The smallest absolute Gasteiger partial charge is 0.244 e. The molecule has 0 saturated heterocycles. The molecule has 3 heteroatoms. The highest BCUT2D eigenvalue weighted by atomic mass is 16.3. The van der Waals surface area contributed by atoms with Gasteiger partial charge in [0.15, 0.2) is 0 Å². The quantitative estimate of drug-likeness (QED) is 0.829. The van der Waals surface area contributed by atoms with Crippen molar-refractivity contribution in [2.45, 2.75) is 38.7 Å². The Balaban J connectivity index is 1.77. The van der Waals surface area contributed by atoms with E-state index < -0.39 is 0 Å². The molecular formula is C17H23NO2. The Bertz CT molecular complexity index is 482. The van der Waals surface area contributed by atoms with E-state index in [9.17, 15) is 9.90 Å². The lowest BCUT2D eigenvalue weighted by Crippen LogP contribution is -2.32. The fourth-order valence-corrected chi connectivity index (χ4v) is 2.70. The second-order valence-electron chi connectivity index (χ2n) is 5.68. The molecule has 1 aliphatic carbocycles. The summed E-state index contributed by atoms with van der Waals surface area (Å²) < 4.78 is 0. The molecule has 2 rings (SSSR count). The largest absolute Gasteiger partial charge is 0.393 e. The molecule has 1 saturated carbocycles. The van der Waals surface area contributed by atoms with Gasteiger partial charge < -0.3 is 10.4 Å². The van der Waals surface area contributed by atoms with Gasteiger partial charge in [0.05, 0.1) is 6.10 Å². The average Bonchev–Trinajstić information content (AvgIpc) is 2.43. The Morgan fingerprint density at radius 3 is 3.05 bits per heavy atom. The Kier molecular flexibility index (Phi) is 5.36. The maximum Gasteiger partial charge on any atom is 0.244 e. The molecule has 0 aromatic heterocycles. The molecule has 0 heterocycles. The average molecular weight is 273 g/mol. The molecule has 0 aliphatic heterocycles. The van der Waals surface area contributed by atoms with Crippen molar-refractivity contribution in [3.05, 3.63) is 41.5 Å². The topological polar surface area (TPSA) is 49.3 Å². The number of hydrogen-bond acceptors (Lipinski definition) is 2. The van der Waals surface area contributed by atoms with E-state index in [1.807, 2.05) is 37.3 Å². The molecular weight excluding hydrogens is 250 g/mol. The molecule has 1 amide bonds. The molecule has 2 unspecified atom stereocenters. The first-order valence-corrected chi connectivity index (χ1v) is 7.34. The lowest BCUT2D eigenvalue weighted by atomic mass is 9.87. The van der Waals surface area contributed by atoms with Crippen LogP contribution in [0.3, 0.4) is 0 Å². The number of carbonyl (C=O) groups excluding carboxylic acids is 1. The Hall–Kier alpha value is -1.61. The monoisotopic (exact) mass is 273 g/mol. The number of nitrogens with one attached hydrogen (secondary N) is 1. The minimum atomic E-state index is -0.187. The van der Waals surface area contributed by atoms with Crippen LogP contribution < -0.4 is 5.32 Å². The number of aliphatic hydroxyl groups excluding tert-OH is 1. The maximum absolute atomic E-state index is 11.8. The summed E-state index contributed by atoms with van der Waals surface area (Å²) in [6.45, 7) is 2.69. The van der Waals surface area contributed by atoms with E-state index in [1.165, 1.54) is 5.56 Å². The number of amides is 1. The second kappa shape index (κ2) is 7.25. The van der Waals surface area contributed by atoms with Crippen molar-refractivity contribution < 1.29 is 9.90 Å². The van der Waals surface area contributed by atoms with Gasteiger partial charge in [-0.15, -0.1) is 0 Å². The van der Waals surface area contributed by atoms with Gasteiger partial charge >= 0.3 is 0 Å². The van der Waals surface area contributed by atoms with Gasteiger partial charge in [-0.3, -0.25) is 4.79 Å². The lowest BCUT2D eigenvalue weighted by molar-refractivity contribution is -0.116. The summed E-state index contributed by atoms with van der Waals surface area (Å²) in [5.74, 6) is 0.349. The molecule has 0 radical (unpaired) electrons. The summed E-state index contributed by atoms with van der Waals surface area (Å²) in [7, 11) is 0. The number of carbonyl (C=O) groups is 1. The summed E-state index contributed by atoms with van der Waals surface area (Å²) in [5.41, 5.74) is 2.22. The first-order chi connectivity index (χ1) is 9.63. The van der Waals surface area contributed by atoms with E-state index in [-0.39, 0.29) is 12.0 Å². The number of hydrogen-bond donors (Lipinski definition) is 2. The Morgan fingerprint density at radius 1 is 1.45 bits per heavy atom. The maximum atomic E-state index is 11.8. The predicted molar refractivity (Wildman–Crippen MR) is 81.2 cm³/mol. The van der Waals surface area contributed by atoms with Crippen molar-refractivity contribution in [1.29, 1.82) is 0 Å². The first kappa shape index (κ1) is 14.8. The molecule has 2 atom stereocenters. The summed E-state index contributed by atoms with van der Waals surface area (Å²) in [5, 5.41) is 12.5. The third-order valence-corrected chi connectivity index (χ3v) is 3.79. The van der Waals surface area contributed by atoms with Crippen molar-refractivity contribution in [2.75, 3.05) is 6.54 Å². The zero-order chi connectivity index (χ0) is 14.4. The fourth-order valence-electron chi connectivity index (χ4n) is 2.70. The van der Waals surface area contributed by atoms with Gasteiger partial charge in [-0.05, 0) is 43.7 Å². The van der Waals surface area contributed by atoms with Crippen molar-refractivity contribution in [2.24, 2.45) is 5.92 Å². The SMILES string of the molecule is Cc1cccc(C=CC(=O)NCC2CCCC(O)C2)c1. The summed E-state index contributed by atoms with van der Waals surface area (Å²) in [6, 6.07) is 8.04. The van der Waals surface area contributed by atoms with Gasteiger partial charge in [0.1, 0.15) is 0 Å². The van der Waals surface area contributed by atoms with Gasteiger partial charge in [-0.2, -0.15) is 0 Å². The lowest BCUT2D eigenvalue weighted by Gasteiger charge is -2.25. The highest BCUT2D eigenvalue weighted by Gasteiger charge is 2.19. The van der Waals surface area contributed by atoms with Gasteiger partial charge in [-0.1, -0.05) is 36.2 Å². The molecule has 20 heavy (non-hydrogen) atoms. The van der Waals surface area contributed by atoms with Crippen molar-refractivity contribution >= 4 is 12.0 Å². The van der Waals surface area contributed by atoms with E-state index >= 15 is 0 Å². The molecule has 2 N–H and O–H groups in total. The molecule has 1 fully saturated rings. The van der Waals surface area contributed by atoms with Gasteiger partial charge in [0, 0.05) is 12.6 Å². The number of rotatable bonds is 4. The van der Waals surface area contributed by atoms with Gasteiger partial charge in [0.2, 0.25) is 5.91 Å². The van der Waals surface area contributed by atoms with Crippen LogP contribution in [0.1, 0.15) is 36.8 Å². The van der Waals surface area contributed by atoms with Crippen LogP contribution in [0.5, 0.6) is 0 Å². The number of aryl methyl sites for hydroxylation is 1. The molecule has 0 bridgehead atoms. The molecule has 3 nitrogen and oxygen atoms in total. The second-order valence-corrected chi connectivity index (χ2v) is 5.68. The van der Waals surface area contributed by atoms with Crippen LogP contribution in [-0.4, -0.2) is 23.7 Å². The van der Waals surface area contributed by atoms with Gasteiger partial charge in [0.25, 0.3) is 0 Å². The molecule has 0 spiro atoms. The third kappa shape index (κ3) is 4.82. The highest BCUT2D eigenvalue weighted by molar-refractivity contribution is 5.91. The molecule has 1 aliphatic rings. The van der Waals surface area contributed by atoms with Crippen LogP contribution in [0.15, 0.2) is 30.3 Å². The van der Waals surface area contributed by atoms with Crippen LogP contribution in [0.2, 0.25) is 0 Å². The van der Waals surface area contributed by atoms with Crippen LogP contribution in [0, 0.1) is 12.8 Å². The van der Waals surface area contributed by atoms with Crippen molar-refractivity contribution in [3.63, 3.8) is 0 Å². The van der Waals surface area contributed by atoms with Crippen LogP contribution in [0.25, 0.3) is 6.08 Å². The standard InChI is InChI=1S/C17H23NO2/c1-13-4-2-5-14(10-13)8-9-17(20)18-12-15-6-3-7-16(19)11-15/h2,4-5,8-10,15-16,19H,3,6-7,11-12H2,1H3,(H,18,20). The van der Waals surface area contributed by atoms with E-state index in [1.54, 1.807) is 6.08 Å². The summed E-state index contributed by atoms with van der Waals surface area (Å²) in [4.78, 5) is 11.8. The predicted octanol–water partition coefficient (Wildman–Crippen LogP) is 2.68. The van der Waals surface area contributed by atoms with Crippen LogP contribution >= 0.6 is 0 Å². The molecule has 1 aromatic carbocycles. The summed E-state index contributed by atoms with van der Waals surface area (Å²) >= 11 is 0. The van der Waals surface area contributed by atoms with E-state index in [2.05, 4.69) is 5.32 Å². The summed E-state index contributed by atoms with van der Waals surface area (Å²) in [6.07, 6.45) is 7.08. The Morgan fingerprint density at radius 2 is 2.30 bits per heavy atom. The molecule has 1 aromatic rings.